The number of esters is 1. The van der Waals surface area contributed by atoms with Crippen molar-refractivity contribution in [3.05, 3.63) is 72.9 Å². The summed E-state index contributed by atoms with van der Waals surface area (Å²) in [6.07, 6.45) is 54.5. The monoisotopic (exact) mass is 724 g/mol. The van der Waals surface area contributed by atoms with Gasteiger partial charge >= 0.3 is 11.9 Å². The predicted molar refractivity (Wildman–Crippen MR) is 221 cm³/mol. The molecule has 0 aromatic heterocycles. The van der Waals surface area contributed by atoms with E-state index in [1.807, 2.05) is 0 Å². The Balaban J connectivity index is 4.19. The average molecular weight is 724 g/mol. The summed E-state index contributed by atoms with van der Waals surface area (Å²) in [4.78, 5) is 35.0. The standard InChI is InChI=1S/C46H77NO5/c1-3-5-7-9-11-13-14-15-16-17-18-19-20-21-22-23-24-26-28-33-37-41-46(51)52-43(38-34-30-27-25-12-10-8-6-4-2)39-35-31-29-32-36-40-44(48)47-42-45(49)50/h5,7,11,13,15-16,18-19,21-22,24,26,43H,3-4,6,8-10,12,14,17,20,23,25,27-42H2,1-2H3,(H,47,48)(H,49,50)/b7-5-,13-11-,16-15-,19-18-,22-21-,26-24-. The summed E-state index contributed by atoms with van der Waals surface area (Å²) in [5.74, 6) is -1.28. The second-order valence-electron chi connectivity index (χ2n) is 13.9. The summed E-state index contributed by atoms with van der Waals surface area (Å²) >= 11 is 0. The highest BCUT2D eigenvalue weighted by Crippen LogP contribution is 2.18. The molecule has 0 aliphatic heterocycles. The first-order valence-corrected chi connectivity index (χ1v) is 21.1. The molecular weight excluding hydrogens is 647 g/mol. The summed E-state index contributed by atoms with van der Waals surface area (Å²) in [7, 11) is 0. The molecule has 0 aromatic carbocycles. The van der Waals surface area contributed by atoms with Gasteiger partial charge in [0.05, 0.1) is 0 Å². The molecule has 0 fully saturated rings. The van der Waals surface area contributed by atoms with Gasteiger partial charge in [0.1, 0.15) is 12.6 Å². The van der Waals surface area contributed by atoms with E-state index in [-0.39, 0.29) is 24.5 Å². The number of carbonyl (C=O) groups excluding carboxylic acids is 2. The van der Waals surface area contributed by atoms with Gasteiger partial charge in [0.2, 0.25) is 5.91 Å². The quantitative estimate of drug-likeness (QED) is 0.0378. The average Bonchev–Trinajstić information content (AvgIpc) is 3.13. The molecule has 0 radical (unpaired) electrons. The van der Waals surface area contributed by atoms with E-state index in [1.54, 1.807) is 0 Å². The highest BCUT2D eigenvalue weighted by molar-refractivity contribution is 5.80. The molecule has 1 atom stereocenters. The van der Waals surface area contributed by atoms with Gasteiger partial charge in [-0.2, -0.15) is 0 Å². The molecule has 6 nitrogen and oxygen atoms in total. The smallest absolute Gasteiger partial charge is 0.322 e. The maximum absolute atomic E-state index is 12.7. The normalized spacial score (nSPS) is 12.8. The molecule has 52 heavy (non-hydrogen) atoms. The fourth-order valence-corrected chi connectivity index (χ4v) is 5.81. The van der Waals surface area contributed by atoms with E-state index >= 15 is 0 Å². The van der Waals surface area contributed by atoms with Crippen LogP contribution in [0.2, 0.25) is 0 Å². The minimum atomic E-state index is -1.02. The van der Waals surface area contributed by atoms with Crippen molar-refractivity contribution in [3.63, 3.8) is 0 Å². The third-order valence-electron chi connectivity index (χ3n) is 8.89. The van der Waals surface area contributed by atoms with E-state index in [4.69, 9.17) is 9.84 Å². The van der Waals surface area contributed by atoms with Crippen molar-refractivity contribution in [2.45, 2.75) is 193 Å². The summed E-state index contributed by atoms with van der Waals surface area (Å²) in [6, 6.07) is 0. The number of carboxylic acids is 1. The van der Waals surface area contributed by atoms with Crippen LogP contribution in [-0.2, 0) is 19.1 Å². The number of carboxylic acid groups (broad SMARTS) is 1. The summed E-state index contributed by atoms with van der Waals surface area (Å²) < 4.78 is 5.99. The molecule has 0 rings (SSSR count). The highest BCUT2D eigenvalue weighted by Gasteiger charge is 2.14. The van der Waals surface area contributed by atoms with Crippen LogP contribution in [0.5, 0.6) is 0 Å². The summed E-state index contributed by atoms with van der Waals surface area (Å²) in [5.41, 5.74) is 0. The van der Waals surface area contributed by atoms with Crippen molar-refractivity contribution < 1.29 is 24.2 Å². The van der Waals surface area contributed by atoms with E-state index in [0.717, 1.165) is 109 Å². The van der Waals surface area contributed by atoms with Gasteiger partial charge in [-0.25, -0.2) is 0 Å². The largest absolute Gasteiger partial charge is 0.480 e. The number of rotatable bonds is 37. The molecule has 0 aliphatic carbocycles. The zero-order valence-corrected chi connectivity index (χ0v) is 33.4. The Hall–Kier alpha value is -3.15. The maximum Gasteiger partial charge on any atom is 0.322 e. The molecule has 0 saturated carbocycles. The zero-order chi connectivity index (χ0) is 38.0. The molecule has 0 aliphatic rings. The molecule has 0 spiro atoms. The van der Waals surface area contributed by atoms with E-state index in [1.165, 1.54) is 51.4 Å². The first-order chi connectivity index (χ1) is 25.5. The van der Waals surface area contributed by atoms with Crippen molar-refractivity contribution in [2.75, 3.05) is 6.54 Å². The summed E-state index contributed by atoms with van der Waals surface area (Å²) in [5, 5.41) is 11.1. The van der Waals surface area contributed by atoms with Crippen LogP contribution >= 0.6 is 0 Å². The minimum absolute atomic E-state index is 0.00205. The van der Waals surface area contributed by atoms with Crippen LogP contribution in [0.4, 0.5) is 0 Å². The molecule has 2 N–H and O–H groups in total. The minimum Gasteiger partial charge on any atom is -0.480 e. The Kier molecular flexibility index (Phi) is 38.2. The number of amides is 1. The third-order valence-corrected chi connectivity index (χ3v) is 8.89. The lowest BCUT2D eigenvalue weighted by atomic mass is 10.0. The molecule has 0 heterocycles. The van der Waals surface area contributed by atoms with Gasteiger partial charge in [0.25, 0.3) is 0 Å². The van der Waals surface area contributed by atoms with Crippen LogP contribution in [-0.4, -0.2) is 35.6 Å². The van der Waals surface area contributed by atoms with E-state index in [0.29, 0.717) is 12.8 Å². The van der Waals surface area contributed by atoms with Crippen LogP contribution in [0.3, 0.4) is 0 Å². The SMILES string of the molecule is CC/C=C\C/C=C\C/C=C\C/C=C\C/C=C\C/C=C\CCCCC(=O)OC(CCCCCCCCCCC)CCCCCCCC(=O)NCC(=O)O. The molecule has 1 amide bonds. The number of unbranched alkanes of at least 4 members (excludes halogenated alkanes) is 14. The van der Waals surface area contributed by atoms with Crippen LogP contribution in [0, 0.1) is 0 Å². The lowest BCUT2D eigenvalue weighted by Crippen LogP contribution is -2.28. The van der Waals surface area contributed by atoms with E-state index in [9.17, 15) is 14.4 Å². The number of hydrogen-bond acceptors (Lipinski definition) is 4. The second-order valence-corrected chi connectivity index (χ2v) is 13.9. The number of carbonyl (C=O) groups is 3. The van der Waals surface area contributed by atoms with Crippen molar-refractivity contribution >= 4 is 17.8 Å². The van der Waals surface area contributed by atoms with Gasteiger partial charge in [0, 0.05) is 12.8 Å². The first-order valence-electron chi connectivity index (χ1n) is 21.1. The van der Waals surface area contributed by atoms with Crippen LogP contribution in [0.25, 0.3) is 0 Å². The predicted octanol–water partition coefficient (Wildman–Crippen LogP) is 13.0. The number of nitrogens with one attached hydrogen (secondary N) is 1. The molecule has 0 saturated heterocycles. The first kappa shape index (κ1) is 48.9. The van der Waals surface area contributed by atoms with E-state index < -0.39 is 5.97 Å². The lowest BCUT2D eigenvalue weighted by Gasteiger charge is -2.18. The van der Waals surface area contributed by atoms with Crippen LogP contribution in [0.15, 0.2) is 72.9 Å². The highest BCUT2D eigenvalue weighted by atomic mass is 16.5. The lowest BCUT2D eigenvalue weighted by molar-refractivity contribution is -0.150. The topological polar surface area (TPSA) is 92.7 Å². The van der Waals surface area contributed by atoms with Crippen molar-refractivity contribution in [2.24, 2.45) is 0 Å². The third kappa shape index (κ3) is 39.6. The van der Waals surface area contributed by atoms with Gasteiger partial charge in [-0.1, -0.05) is 157 Å². The van der Waals surface area contributed by atoms with Gasteiger partial charge in [-0.05, 0) is 89.9 Å². The van der Waals surface area contributed by atoms with Crippen LogP contribution in [0.1, 0.15) is 187 Å². The van der Waals surface area contributed by atoms with Crippen molar-refractivity contribution in [1.82, 2.24) is 5.32 Å². The van der Waals surface area contributed by atoms with Gasteiger partial charge in [-0.3, -0.25) is 14.4 Å². The fraction of sp³-hybridized carbons (Fsp3) is 0.674. The Labute approximate surface area is 319 Å². The number of aliphatic carboxylic acids is 1. The van der Waals surface area contributed by atoms with Crippen LogP contribution < -0.4 is 5.32 Å². The van der Waals surface area contributed by atoms with Gasteiger partial charge in [-0.15, -0.1) is 0 Å². The number of hydrogen-bond donors (Lipinski definition) is 2. The summed E-state index contributed by atoms with van der Waals surface area (Å²) in [6.45, 7) is 4.09. The number of ether oxygens (including phenoxy) is 1. The molecule has 296 valence electrons. The Bertz CT molecular complexity index is 1020. The molecule has 6 heteroatoms. The van der Waals surface area contributed by atoms with Gasteiger partial charge in [0.15, 0.2) is 0 Å². The molecule has 0 aromatic rings. The second kappa shape index (κ2) is 40.6. The Morgan fingerprint density at radius 3 is 1.42 bits per heavy atom. The number of allylic oxidation sites excluding steroid dienone is 12. The fourth-order valence-electron chi connectivity index (χ4n) is 5.81. The maximum atomic E-state index is 12.7. The van der Waals surface area contributed by atoms with Crippen molar-refractivity contribution in [1.29, 1.82) is 0 Å². The van der Waals surface area contributed by atoms with Gasteiger partial charge < -0.3 is 15.2 Å². The molecular formula is C46H77NO5. The Morgan fingerprint density at radius 2 is 0.942 bits per heavy atom. The molecule has 1 unspecified atom stereocenters. The Morgan fingerprint density at radius 1 is 0.519 bits per heavy atom. The van der Waals surface area contributed by atoms with Crippen molar-refractivity contribution in [3.8, 4) is 0 Å². The zero-order valence-electron chi connectivity index (χ0n) is 33.4. The molecule has 0 bridgehead atoms. The van der Waals surface area contributed by atoms with E-state index in [2.05, 4.69) is 92.1 Å².